The Morgan fingerprint density at radius 3 is 2.59 bits per heavy atom. The third kappa shape index (κ3) is 2.81. The molecule has 1 aromatic rings. The Bertz CT molecular complexity index is 418. The number of ether oxygens (including phenoxy) is 1. The number of nitrogens with zero attached hydrogens (tertiary/aromatic N) is 1. The van der Waals surface area contributed by atoms with Crippen molar-refractivity contribution in [1.82, 2.24) is 0 Å². The predicted octanol–water partition coefficient (Wildman–Crippen LogP) is 2.04. The minimum absolute atomic E-state index is 0.290. The van der Waals surface area contributed by atoms with E-state index in [0.29, 0.717) is 25.0 Å². The van der Waals surface area contributed by atoms with Gasteiger partial charge in [0.25, 0.3) is 0 Å². The number of carbonyl (C=O) groups excluding carboxylic acids is 1. The van der Waals surface area contributed by atoms with E-state index in [-0.39, 0.29) is 16.8 Å². The zero-order valence-corrected chi connectivity index (χ0v) is 9.24. The van der Waals surface area contributed by atoms with Crippen LogP contribution in [0.1, 0.15) is 19.3 Å². The van der Waals surface area contributed by atoms with Crippen LogP contribution in [0.25, 0.3) is 0 Å². The minimum Gasteiger partial charge on any atom is -0.426 e. The van der Waals surface area contributed by atoms with Crippen LogP contribution in [-0.2, 0) is 4.79 Å². The van der Waals surface area contributed by atoms with Gasteiger partial charge in [-0.15, -0.1) is 0 Å². The number of benzene rings is 1. The molecule has 0 spiro atoms. The van der Waals surface area contributed by atoms with Crippen molar-refractivity contribution < 1.29 is 14.5 Å². The molecule has 0 amide bonds. The number of hydrogen-bond donors (Lipinski definition) is 0. The zero-order chi connectivity index (χ0) is 12.3. The summed E-state index contributed by atoms with van der Waals surface area (Å²) in [5.74, 6) is -0.215. The lowest BCUT2D eigenvalue weighted by atomic mass is 10.1. The van der Waals surface area contributed by atoms with E-state index in [1.807, 2.05) is 6.07 Å². The molecule has 2 rings (SSSR count). The van der Waals surface area contributed by atoms with Crippen LogP contribution in [0, 0.1) is 16.0 Å². The summed E-state index contributed by atoms with van der Waals surface area (Å²) in [7, 11) is 0. The molecule has 0 saturated heterocycles. The number of para-hydroxylation sites is 1. The Hall–Kier alpha value is -1.91. The first kappa shape index (κ1) is 11.6. The SMILES string of the molecule is O=C(Oc1ccccc1)C1CCC([N+](=O)[O-])C1. The van der Waals surface area contributed by atoms with Crippen LogP contribution in [0.15, 0.2) is 30.3 Å². The molecular weight excluding hydrogens is 222 g/mol. The van der Waals surface area contributed by atoms with Crippen LogP contribution in [-0.4, -0.2) is 16.9 Å². The number of carbonyl (C=O) groups is 1. The van der Waals surface area contributed by atoms with Crippen molar-refractivity contribution in [3.63, 3.8) is 0 Å². The maximum absolute atomic E-state index is 11.7. The second kappa shape index (κ2) is 4.95. The first-order valence-corrected chi connectivity index (χ1v) is 5.57. The Kier molecular flexibility index (Phi) is 3.37. The number of rotatable bonds is 3. The van der Waals surface area contributed by atoms with Crippen molar-refractivity contribution in [2.45, 2.75) is 25.3 Å². The Balaban J connectivity index is 1.92. The van der Waals surface area contributed by atoms with Crippen LogP contribution < -0.4 is 4.74 Å². The summed E-state index contributed by atoms with van der Waals surface area (Å²) in [4.78, 5) is 22.0. The van der Waals surface area contributed by atoms with Gasteiger partial charge >= 0.3 is 5.97 Å². The van der Waals surface area contributed by atoms with Gasteiger partial charge in [0.05, 0.1) is 5.92 Å². The van der Waals surface area contributed by atoms with Crippen molar-refractivity contribution in [1.29, 1.82) is 0 Å². The highest BCUT2D eigenvalue weighted by Crippen LogP contribution is 2.28. The van der Waals surface area contributed by atoms with Gasteiger partial charge in [0, 0.05) is 17.8 Å². The van der Waals surface area contributed by atoms with Crippen molar-refractivity contribution in [2.24, 2.45) is 5.92 Å². The fourth-order valence-corrected chi connectivity index (χ4v) is 2.05. The highest BCUT2D eigenvalue weighted by Gasteiger charge is 2.37. The summed E-state index contributed by atoms with van der Waals surface area (Å²) in [6.07, 6.45) is 1.29. The third-order valence-electron chi connectivity index (χ3n) is 3.00. The molecule has 5 heteroatoms. The number of esters is 1. The lowest BCUT2D eigenvalue weighted by molar-refractivity contribution is -0.520. The van der Waals surface area contributed by atoms with Crippen LogP contribution in [0.4, 0.5) is 0 Å². The lowest BCUT2D eigenvalue weighted by Crippen LogP contribution is -2.21. The van der Waals surface area contributed by atoms with E-state index < -0.39 is 6.04 Å². The first-order valence-electron chi connectivity index (χ1n) is 5.57. The van der Waals surface area contributed by atoms with Gasteiger partial charge in [-0.1, -0.05) is 18.2 Å². The molecule has 0 radical (unpaired) electrons. The second-order valence-corrected chi connectivity index (χ2v) is 4.18. The predicted molar refractivity (Wildman–Crippen MR) is 60.2 cm³/mol. The normalized spacial score (nSPS) is 23.3. The fourth-order valence-electron chi connectivity index (χ4n) is 2.05. The summed E-state index contributed by atoms with van der Waals surface area (Å²) in [6, 6.07) is 8.17. The maximum atomic E-state index is 11.7. The molecule has 90 valence electrons. The molecule has 0 aromatic heterocycles. The molecular formula is C12H13NO4. The van der Waals surface area contributed by atoms with Gasteiger partial charge in [-0.05, 0) is 18.6 Å². The van der Waals surface area contributed by atoms with Gasteiger partial charge in [0.2, 0.25) is 6.04 Å². The molecule has 1 aromatic carbocycles. The third-order valence-corrected chi connectivity index (χ3v) is 3.00. The molecule has 2 unspecified atom stereocenters. The summed E-state index contributed by atoms with van der Waals surface area (Å²) in [5.41, 5.74) is 0. The van der Waals surface area contributed by atoms with Crippen LogP contribution in [0.5, 0.6) is 5.75 Å². The molecule has 17 heavy (non-hydrogen) atoms. The van der Waals surface area contributed by atoms with Crippen molar-refractivity contribution in [2.75, 3.05) is 0 Å². The Labute approximate surface area is 98.5 Å². The molecule has 0 N–H and O–H groups in total. The Morgan fingerprint density at radius 1 is 1.29 bits per heavy atom. The van der Waals surface area contributed by atoms with Gasteiger partial charge < -0.3 is 4.74 Å². The molecule has 0 aliphatic heterocycles. The monoisotopic (exact) mass is 235 g/mol. The van der Waals surface area contributed by atoms with Crippen molar-refractivity contribution in [3.8, 4) is 5.75 Å². The molecule has 0 heterocycles. The van der Waals surface area contributed by atoms with E-state index in [4.69, 9.17) is 4.74 Å². The lowest BCUT2D eigenvalue weighted by Gasteiger charge is -2.08. The fraction of sp³-hybridized carbons (Fsp3) is 0.417. The average molecular weight is 235 g/mol. The molecule has 5 nitrogen and oxygen atoms in total. The summed E-state index contributed by atoms with van der Waals surface area (Å²) < 4.78 is 5.16. The zero-order valence-electron chi connectivity index (χ0n) is 9.24. The topological polar surface area (TPSA) is 69.4 Å². The van der Waals surface area contributed by atoms with E-state index in [2.05, 4.69) is 0 Å². The highest BCUT2D eigenvalue weighted by atomic mass is 16.6. The van der Waals surface area contributed by atoms with Gasteiger partial charge in [0.15, 0.2) is 0 Å². The van der Waals surface area contributed by atoms with Gasteiger partial charge in [-0.25, -0.2) is 0 Å². The van der Waals surface area contributed by atoms with Gasteiger partial charge in [-0.2, -0.15) is 0 Å². The highest BCUT2D eigenvalue weighted by molar-refractivity contribution is 5.75. The average Bonchev–Trinajstić information content (AvgIpc) is 2.79. The van der Waals surface area contributed by atoms with Crippen LogP contribution >= 0.6 is 0 Å². The second-order valence-electron chi connectivity index (χ2n) is 4.18. The van der Waals surface area contributed by atoms with E-state index in [9.17, 15) is 14.9 Å². The maximum Gasteiger partial charge on any atom is 0.314 e. The summed E-state index contributed by atoms with van der Waals surface area (Å²) in [5, 5.41) is 10.6. The summed E-state index contributed by atoms with van der Waals surface area (Å²) in [6.45, 7) is 0. The summed E-state index contributed by atoms with van der Waals surface area (Å²) >= 11 is 0. The molecule has 1 aliphatic carbocycles. The quantitative estimate of drug-likeness (QED) is 0.348. The van der Waals surface area contributed by atoms with Gasteiger partial charge in [-0.3, -0.25) is 14.9 Å². The molecule has 1 fully saturated rings. The molecule has 1 aliphatic rings. The van der Waals surface area contributed by atoms with E-state index in [1.54, 1.807) is 24.3 Å². The van der Waals surface area contributed by atoms with Crippen molar-refractivity contribution >= 4 is 5.97 Å². The minimum atomic E-state index is -0.594. The van der Waals surface area contributed by atoms with Crippen LogP contribution in [0.3, 0.4) is 0 Å². The smallest absolute Gasteiger partial charge is 0.314 e. The van der Waals surface area contributed by atoms with E-state index in [0.717, 1.165) is 0 Å². The molecule has 0 bridgehead atoms. The van der Waals surface area contributed by atoms with E-state index >= 15 is 0 Å². The largest absolute Gasteiger partial charge is 0.426 e. The van der Waals surface area contributed by atoms with Gasteiger partial charge in [0.1, 0.15) is 5.75 Å². The Morgan fingerprint density at radius 2 is 2.00 bits per heavy atom. The van der Waals surface area contributed by atoms with Crippen LogP contribution in [0.2, 0.25) is 0 Å². The van der Waals surface area contributed by atoms with Crippen molar-refractivity contribution in [3.05, 3.63) is 40.4 Å². The standard InChI is InChI=1S/C12H13NO4/c14-12(17-11-4-2-1-3-5-11)9-6-7-10(8-9)13(15)16/h1-5,9-10H,6-8H2. The molecule has 1 saturated carbocycles. The first-order chi connectivity index (χ1) is 8.16. The number of hydrogen-bond acceptors (Lipinski definition) is 4. The van der Waals surface area contributed by atoms with E-state index in [1.165, 1.54) is 0 Å². The molecule has 2 atom stereocenters. The number of nitro groups is 1.